The summed E-state index contributed by atoms with van der Waals surface area (Å²) in [4.78, 5) is 19.3. The smallest absolute Gasteiger partial charge is 0.348 e. The first-order valence-corrected chi connectivity index (χ1v) is 9.81. The molecule has 1 N–H and O–H groups in total. The molecule has 0 saturated carbocycles. The summed E-state index contributed by atoms with van der Waals surface area (Å²) >= 11 is 9.97. The first-order chi connectivity index (χ1) is 15.2. The van der Waals surface area contributed by atoms with E-state index >= 15 is 0 Å². The summed E-state index contributed by atoms with van der Waals surface area (Å²) < 4.78 is 119. The predicted octanol–water partition coefficient (Wildman–Crippen LogP) is 8.48. The zero-order chi connectivity index (χ0) is 26.5. The zero-order valence-electron chi connectivity index (χ0n) is 15.2. The van der Waals surface area contributed by atoms with Gasteiger partial charge in [0.1, 0.15) is 5.69 Å². The molecule has 19 heteroatoms. The Morgan fingerprint density at radius 1 is 0.765 bits per heavy atom. The van der Waals surface area contributed by atoms with E-state index in [-0.39, 0.29) is 12.1 Å². The third-order valence-electron chi connectivity index (χ3n) is 3.95. The van der Waals surface area contributed by atoms with E-state index < -0.39 is 81.8 Å². The zero-order valence-corrected chi connectivity index (χ0v) is 19.1. The quantitative estimate of drug-likeness (QED) is 0.203. The van der Waals surface area contributed by atoms with Crippen molar-refractivity contribution in [2.75, 3.05) is 5.32 Å². The number of halogens is 12. The standard InChI is InChI=1S/C15H3Br2ClF9N3O4/c16-8-6(14(22,23)24)10(18)7(15(25,26)27)9(17)12(8)28-11-4(13(19,20)21)1-3(29(31)32)2-5(11)30(33)34/h1-2,28H. The number of nitrogens with zero attached hydrogens (tertiary/aromatic N) is 2. The molecule has 7 nitrogen and oxygen atoms in total. The van der Waals surface area contributed by atoms with Crippen LogP contribution in [0.5, 0.6) is 0 Å². The summed E-state index contributed by atoms with van der Waals surface area (Å²) in [6.45, 7) is 0. The van der Waals surface area contributed by atoms with Crippen LogP contribution < -0.4 is 5.32 Å². The van der Waals surface area contributed by atoms with Gasteiger partial charge in [-0.1, -0.05) is 11.6 Å². The maximum absolute atomic E-state index is 13.6. The Bertz CT molecular complexity index is 1160. The van der Waals surface area contributed by atoms with Crippen molar-refractivity contribution in [2.45, 2.75) is 18.5 Å². The molecule has 0 fully saturated rings. The molecule has 0 radical (unpaired) electrons. The number of alkyl halides is 9. The molecule has 186 valence electrons. The fraction of sp³-hybridized carbons (Fsp3) is 0.200. The Morgan fingerprint density at radius 3 is 1.53 bits per heavy atom. The topological polar surface area (TPSA) is 98.3 Å². The van der Waals surface area contributed by atoms with Crippen LogP contribution in [0.4, 0.5) is 62.3 Å². The molecule has 2 aromatic rings. The van der Waals surface area contributed by atoms with Gasteiger partial charge in [0.2, 0.25) is 0 Å². The normalized spacial score (nSPS) is 12.6. The summed E-state index contributed by atoms with van der Waals surface area (Å²) in [5.41, 5.74) is -12.5. The number of benzene rings is 2. The fourth-order valence-electron chi connectivity index (χ4n) is 2.61. The van der Waals surface area contributed by atoms with E-state index in [1.165, 1.54) is 0 Å². The number of non-ortho nitro benzene ring substituents is 1. The molecule has 0 bridgehead atoms. The van der Waals surface area contributed by atoms with Crippen LogP contribution in [-0.2, 0) is 18.5 Å². The molecule has 0 unspecified atom stereocenters. The lowest BCUT2D eigenvalue weighted by atomic mass is 10.1. The van der Waals surface area contributed by atoms with Crippen LogP contribution in [0, 0.1) is 20.2 Å². The van der Waals surface area contributed by atoms with Gasteiger partial charge in [-0.3, -0.25) is 20.2 Å². The Kier molecular flexibility index (Phi) is 7.41. The summed E-state index contributed by atoms with van der Waals surface area (Å²) in [6.07, 6.45) is -16.7. The van der Waals surface area contributed by atoms with E-state index in [9.17, 15) is 59.7 Å². The second kappa shape index (κ2) is 9.03. The number of nitro benzene ring substituents is 2. The maximum atomic E-state index is 13.6. The average molecular weight is 655 g/mol. The van der Waals surface area contributed by atoms with Gasteiger partial charge in [0.25, 0.3) is 11.4 Å². The third kappa shape index (κ3) is 5.32. The second-order valence-corrected chi connectivity index (χ2v) is 8.05. The molecule has 0 heterocycles. The minimum absolute atomic E-state index is 0.0463. The van der Waals surface area contributed by atoms with Crippen molar-refractivity contribution in [3.63, 3.8) is 0 Å². The van der Waals surface area contributed by atoms with E-state index in [1.54, 1.807) is 5.32 Å². The van der Waals surface area contributed by atoms with Gasteiger partial charge in [-0.15, -0.1) is 0 Å². The highest BCUT2D eigenvalue weighted by Gasteiger charge is 2.46. The van der Waals surface area contributed by atoms with E-state index in [2.05, 4.69) is 31.9 Å². The number of hydrogen-bond acceptors (Lipinski definition) is 5. The second-order valence-electron chi connectivity index (χ2n) is 6.09. The van der Waals surface area contributed by atoms with Crippen molar-refractivity contribution in [3.05, 3.63) is 63.0 Å². The van der Waals surface area contributed by atoms with E-state index in [0.29, 0.717) is 0 Å². The van der Waals surface area contributed by atoms with Crippen molar-refractivity contribution < 1.29 is 49.4 Å². The Morgan fingerprint density at radius 2 is 1.21 bits per heavy atom. The van der Waals surface area contributed by atoms with Gasteiger partial charge in [-0.25, -0.2) is 0 Å². The lowest BCUT2D eigenvalue weighted by molar-refractivity contribution is -0.394. The van der Waals surface area contributed by atoms with Crippen LogP contribution >= 0.6 is 43.5 Å². The molecule has 0 aromatic heterocycles. The minimum atomic E-state index is -5.57. The summed E-state index contributed by atoms with van der Waals surface area (Å²) in [6, 6.07) is -0.132. The van der Waals surface area contributed by atoms with Gasteiger partial charge in [-0.05, 0) is 31.9 Å². The van der Waals surface area contributed by atoms with E-state index in [1.807, 2.05) is 0 Å². The molecule has 0 aliphatic heterocycles. The highest BCUT2D eigenvalue weighted by molar-refractivity contribution is 9.11. The van der Waals surface area contributed by atoms with Crippen molar-refractivity contribution in [1.29, 1.82) is 0 Å². The number of anilines is 2. The van der Waals surface area contributed by atoms with Crippen LogP contribution in [0.1, 0.15) is 16.7 Å². The van der Waals surface area contributed by atoms with Crippen LogP contribution in [-0.4, -0.2) is 9.85 Å². The average Bonchev–Trinajstić information content (AvgIpc) is 2.61. The molecular weight excluding hydrogens is 652 g/mol. The lowest BCUT2D eigenvalue weighted by Gasteiger charge is -2.23. The number of nitrogens with one attached hydrogen (secondary N) is 1. The van der Waals surface area contributed by atoms with Crippen LogP contribution in [0.3, 0.4) is 0 Å². The van der Waals surface area contributed by atoms with Crippen LogP contribution in [0.15, 0.2) is 21.1 Å². The molecule has 2 rings (SSSR count). The molecule has 0 atom stereocenters. The number of hydrogen-bond donors (Lipinski definition) is 1. The molecule has 2 aromatic carbocycles. The molecule has 0 aliphatic rings. The lowest BCUT2D eigenvalue weighted by Crippen LogP contribution is -2.17. The molecular formula is C15H3Br2ClF9N3O4. The SMILES string of the molecule is O=[N+]([O-])c1cc([N+](=O)[O-])c(Nc2c(Br)c(C(F)(F)F)c(Cl)c(C(F)(F)F)c2Br)c(C(F)(F)F)c1. The molecule has 0 aliphatic carbocycles. The first kappa shape index (κ1) is 27.9. The number of nitro groups is 2. The van der Waals surface area contributed by atoms with Crippen molar-refractivity contribution in [1.82, 2.24) is 0 Å². The largest absolute Gasteiger partial charge is 0.419 e. The van der Waals surface area contributed by atoms with Gasteiger partial charge in [0.05, 0.1) is 52.3 Å². The minimum Gasteiger partial charge on any atom is -0.348 e. The molecule has 0 amide bonds. The van der Waals surface area contributed by atoms with E-state index in [0.717, 1.165) is 0 Å². The Hall–Kier alpha value is -2.34. The van der Waals surface area contributed by atoms with Crippen LogP contribution in [0.25, 0.3) is 0 Å². The van der Waals surface area contributed by atoms with Crippen molar-refractivity contribution in [2.24, 2.45) is 0 Å². The number of rotatable bonds is 4. The summed E-state index contributed by atoms with van der Waals surface area (Å²) in [5.74, 6) is 0. The van der Waals surface area contributed by atoms with Gasteiger partial charge < -0.3 is 5.32 Å². The maximum Gasteiger partial charge on any atom is 0.419 e. The summed E-state index contributed by atoms with van der Waals surface area (Å²) in [7, 11) is 0. The van der Waals surface area contributed by atoms with Crippen molar-refractivity contribution >= 4 is 66.2 Å². The third-order valence-corrected chi connectivity index (χ3v) is 5.91. The first-order valence-electron chi connectivity index (χ1n) is 7.85. The molecule has 0 saturated heterocycles. The predicted molar refractivity (Wildman–Crippen MR) is 105 cm³/mol. The van der Waals surface area contributed by atoms with Gasteiger partial charge in [0.15, 0.2) is 0 Å². The monoisotopic (exact) mass is 653 g/mol. The molecule has 0 spiro atoms. The highest BCUT2D eigenvalue weighted by Crippen LogP contribution is 2.54. The highest BCUT2D eigenvalue weighted by atomic mass is 79.9. The van der Waals surface area contributed by atoms with Gasteiger partial charge >= 0.3 is 18.5 Å². The summed E-state index contributed by atoms with van der Waals surface area (Å²) in [5, 5.41) is 21.9. The van der Waals surface area contributed by atoms with Crippen molar-refractivity contribution in [3.8, 4) is 0 Å². The fourth-order valence-corrected chi connectivity index (χ4v) is 4.95. The Labute approximate surface area is 202 Å². The van der Waals surface area contributed by atoms with Gasteiger partial charge in [0, 0.05) is 6.07 Å². The Balaban J connectivity index is 3.05. The van der Waals surface area contributed by atoms with E-state index in [4.69, 9.17) is 11.6 Å². The molecule has 34 heavy (non-hydrogen) atoms. The van der Waals surface area contributed by atoms with Crippen LogP contribution in [0.2, 0.25) is 5.02 Å². The van der Waals surface area contributed by atoms with Gasteiger partial charge in [-0.2, -0.15) is 39.5 Å².